The maximum Gasteiger partial charge on any atom is 0.316 e. The van der Waals surface area contributed by atoms with Gasteiger partial charge in [0.1, 0.15) is 5.76 Å². The minimum Gasteiger partial charge on any atom is -0.457 e. The third-order valence-corrected chi connectivity index (χ3v) is 4.74. The van der Waals surface area contributed by atoms with Gasteiger partial charge in [-0.25, -0.2) is 0 Å². The van der Waals surface area contributed by atoms with Gasteiger partial charge in [0.25, 0.3) is 0 Å². The molecule has 0 aliphatic heterocycles. The highest BCUT2D eigenvalue weighted by Crippen LogP contribution is 2.21. The number of aromatic nitrogens is 1. The fourth-order valence-corrected chi connectivity index (χ4v) is 3.13. The summed E-state index contributed by atoms with van der Waals surface area (Å²) in [7, 11) is 0. The van der Waals surface area contributed by atoms with Crippen molar-refractivity contribution in [1.82, 2.24) is 5.16 Å². The molecule has 0 atom stereocenters. The van der Waals surface area contributed by atoms with Crippen molar-refractivity contribution in [3.8, 4) is 0 Å². The van der Waals surface area contributed by atoms with E-state index in [2.05, 4.69) is 10.5 Å². The van der Waals surface area contributed by atoms with Crippen LogP contribution in [0.2, 0.25) is 4.34 Å². The number of anilines is 1. The van der Waals surface area contributed by atoms with Crippen LogP contribution in [0.3, 0.4) is 0 Å². The number of rotatable bonds is 8. The smallest absolute Gasteiger partial charge is 0.316 e. The molecule has 24 heavy (non-hydrogen) atoms. The van der Waals surface area contributed by atoms with Gasteiger partial charge in [0.15, 0.2) is 12.4 Å². The monoisotopic (exact) mass is 388 g/mol. The molecule has 2 aromatic heterocycles. The van der Waals surface area contributed by atoms with Crippen molar-refractivity contribution >= 4 is 58.2 Å². The Kier molecular flexibility index (Phi) is 6.83. The number of esters is 1. The van der Waals surface area contributed by atoms with Gasteiger partial charge in [0, 0.05) is 6.07 Å². The molecule has 1 N–H and O–H groups in total. The topological polar surface area (TPSA) is 98.5 Å². The van der Waals surface area contributed by atoms with Gasteiger partial charge in [-0.15, -0.1) is 23.1 Å². The van der Waals surface area contributed by atoms with E-state index in [0.717, 1.165) is 23.1 Å². The van der Waals surface area contributed by atoms with E-state index in [0.29, 0.717) is 20.8 Å². The number of nitrogens with one attached hydrogen (secondary N) is 1. The van der Waals surface area contributed by atoms with E-state index < -0.39 is 5.97 Å². The van der Waals surface area contributed by atoms with Gasteiger partial charge >= 0.3 is 5.97 Å². The zero-order valence-corrected chi connectivity index (χ0v) is 14.9. The van der Waals surface area contributed by atoms with Crippen LogP contribution in [-0.4, -0.2) is 40.9 Å². The third-order valence-electron chi connectivity index (χ3n) is 2.56. The number of ketones is 1. The number of carbonyl (C=O) groups is 3. The molecule has 2 rings (SSSR count). The molecule has 2 aromatic rings. The lowest BCUT2D eigenvalue weighted by Gasteiger charge is -2.03. The minimum absolute atomic E-state index is 0.0380. The van der Waals surface area contributed by atoms with Gasteiger partial charge in [-0.05, 0) is 19.1 Å². The molecule has 0 radical (unpaired) electrons. The Morgan fingerprint density at radius 1 is 1.38 bits per heavy atom. The van der Waals surface area contributed by atoms with Crippen molar-refractivity contribution in [3.05, 3.63) is 33.2 Å². The first-order chi connectivity index (χ1) is 11.4. The minimum atomic E-state index is -0.568. The molecule has 1 amide bonds. The van der Waals surface area contributed by atoms with Crippen molar-refractivity contribution in [1.29, 1.82) is 0 Å². The Morgan fingerprint density at radius 2 is 2.17 bits per heavy atom. The maximum atomic E-state index is 11.7. The summed E-state index contributed by atoms with van der Waals surface area (Å²) in [6, 6.07) is 4.76. The number of thiophene rings is 1. The number of ether oxygens (including phenoxy) is 1. The molecule has 10 heteroatoms. The van der Waals surface area contributed by atoms with Crippen LogP contribution in [0, 0.1) is 6.92 Å². The first-order valence-electron chi connectivity index (χ1n) is 6.69. The van der Waals surface area contributed by atoms with Gasteiger partial charge in [-0.3, -0.25) is 14.4 Å². The molecule has 128 valence electrons. The molecule has 0 aromatic carbocycles. The largest absolute Gasteiger partial charge is 0.457 e. The molecule has 0 aliphatic carbocycles. The fraction of sp³-hybridized carbons (Fsp3) is 0.286. The molecule has 0 spiro atoms. The molecule has 0 bridgehead atoms. The standard InChI is InChI=1S/C14H13ClN2O5S2/c1-8-4-12(17-22-8)16-13(19)6-23-7-14(20)21-5-9(18)10-2-3-11(15)24-10/h2-4H,5-7H2,1H3,(H,16,17,19). The number of thioether (sulfide) groups is 1. The van der Waals surface area contributed by atoms with Gasteiger partial charge in [-0.1, -0.05) is 16.8 Å². The maximum absolute atomic E-state index is 11.7. The van der Waals surface area contributed by atoms with Crippen molar-refractivity contribution in [2.24, 2.45) is 0 Å². The first-order valence-corrected chi connectivity index (χ1v) is 9.04. The van der Waals surface area contributed by atoms with Crippen LogP contribution in [0.15, 0.2) is 22.7 Å². The lowest BCUT2D eigenvalue weighted by molar-refractivity contribution is -0.139. The zero-order chi connectivity index (χ0) is 17.5. The Balaban J connectivity index is 1.62. The average Bonchev–Trinajstić information content (AvgIpc) is 3.13. The number of carbonyl (C=O) groups excluding carboxylic acids is 3. The van der Waals surface area contributed by atoms with E-state index in [-0.39, 0.29) is 29.8 Å². The highest BCUT2D eigenvalue weighted by atomic mass is 35.5. The Bertz CT molecular complexity index is 743. The second-order valence-electron chi connectivity index (χ2n) is 4.55. The first kappa shape index (κ1) is 18.5. The normalized spacial score (nSPS) is 10.4. The highest BCUT2D eigenvalue weighted by molar-refractivity contribution is 8.00. The molecule has 0 saturated heterocycles. The predicted molar refractivity (Wildman–Crippen MR) is 91.8 cm³/mol. The molecule has 2 heterocycles. The summed E-state index contributed by atoms with van der Waals surface area (Å²) in [6.07, 6.45) is 0. The quantitative estimate of drug-likeness (QED) is 0.548. The molecular weight excluding hydrogens is 376 g/mol. The SMILES string of the molecule is Cc1cc(NC(=O)CSCC(=O)OCC(=O)c2ccc(Cl)s2)no1. The second kappa shape index (κ2) is 8.86. The Hall–Kier alpha value is -1.84. The molecule has 0 unspecified atom stereocenters. The fourth-order valence-electron chi connectivity index (χ4n) is 1.55. The molecule has 0 fully saturated rings. The van der Waals surface area contributed by atoms with Crippen molar-refractivity contribution in [2.75, 3.05) is 23.4 Å². The van der Waals surface area contributed by atoms with Crippen molar-refractivity contribution in [3.63, 3.8) is 0 Å². The van der Waals surface area contributed by atoms with Crippen LogP contribution in [-0.2, 0) is 14.3 Å². The summed E-state index contributed by atoms with van der Waals surface area (Å²) < 4.78 is 10.2. The summed E-state index contributed by atoms with van der Waals surface area (Å²) in [4.78, 5) is 35.3. The number of hydrogen-bond donors (Lipinski definition) is 1. The number of amides is 1. The molecular formula is C14H13ClN2O5S2. The van der Waals surface area contributed by atoms with E-state index in [1.165, 1.54) is 0 Å². The summed E-state index contributed by atoms with van der Waals surface area (Å²) in [5.74, 6) is -0.283. The lowest BCUT2D eigenvalue weighted by Crippen LogP contribution is -2.18. The molecule has 0 aliphatic rings. The Morgan fingerprint density at radius 3 is 2.79 bits per heavy atom. The van der Waals surface area contributed by atoms with E-state index in [9.17, 15) is 14.4 Å². The van der Waals surface area contributed by atoms with E-state index in [1.54, 1.807) is 25.1 Å². The number of nitrogens with zero attached hydrogens (tertiary/aromatic N) is 1. The van der Waals surface area contributed by atoms with Crippen LogP contribution >= 0.6 is 34.7 Å². The molecule has 0 saturated carbocycles. The zero-order valence-electron chi connectivity index (χ0n) is 12.5. The van der Waals surface area contributed by atoms with Gasteiger partial charge in [-0.2, -0.15) is 0 Å². The summed E-state index contributed by atoms with van der Waals surface area (Å²) in [5, 5.41) is 6.15. The van der Waals surface area contributed by atoms with Crippen LogP contribution in [0.5, 0.6) is 0 Å². The van der Waals surface area contributed by atoms with Crippen LogP contribution in [0.4, 0.5) is 5.82 Å². The summed E-state index contributed by atoms with van der Waals surface area (Å²) in [5.41, 5.74) is 0. The Labute approximate surface area is 150 Å². The third kappa shape index (κ3) is 5.99. The second-order valence-corrected chi connectivity index (χ2v) is 7.25. The number of halogens is 1. The van der Waals surface area contributed by atoms with E-state index >= 15 is 0 Å². The number of aryl methyl sites for hydroxylation is 1. The van der Waals surface area contributed by atoms with Crippen molar-refractivity contribution < 1.29 is 23.6 Å². The number of Topliss-reactive ketones (excluding diaryl/α,β-unsaturated/α-hetero) is 1. The van der Waals surface area contributed by atoms with Crippen LogP contribution < -0.4 is 5.32 Å². The van der Waals surface area contributed by atoms with E-state index in [1.807, 2.05) is 0 Å². The summed E-state index contributed by atoms with van der Waals surface area (Å²) >= 11 is 7.93. The lowest BCUT2D eigenvalue weighted by atomic mass is 10.3. The molecule has 7 nitrogen and oxygen atoms in total. The van der Waals surface area contributed by atoms with Gasteiger partial charge < -0.3 is 14.6 Å². The highest BCUT2D eigenvalue weighted by Gasteiger charge is 2.13. The van der Waals surface area contributed by atoms with Gasteiger partial charge in [0.05, 0.1) is 20.7 Å². The van der Waals surface area contributed by atoms with Crippen molar-refractivity contribution in [2.45, 2.75) is 6.92 Å². The average molecular weight is 389 g/mol. The van der Waals surface area contributed by atoms with Crippen LogP contribution in [0.1, 0.15) is 15.4 Å². The summed E-state index contributed by atoms with van der Waals surface area (Å²) in [6.45, 7) is 1.36. The van der Waals surface area contributed by atoms with Gasteiger partial charge in [0.2, 0.25) is 11.7 Å². The van der Waals surface area contributed by atoms with E-state index in [4.69, 9.17) is 20.9 Å². The predicted octanol–water partition coefficient (Wildman–Crippen LogP) is 2.80. The number of hydrogen-bond acceptors (Lipinski definition) is 8. The van der Waals surface area contributed by atoms with Crippen LogP contribution in [0.25, 0.3) is 0 Å².